The molecule has 3 aromatic rings. The zero-order valence-corrected chi connectivity index (χ0v) is 14.9. The van der Waals surface area contributed by atoms with Crippen molar-refractivity contribution in [1.29, 1.82) is 0 Å². The molecule has 25 heavy (non-hydrogen) atoms. The Morgan fingerprint density at radius 2 is 2.20 bits per heavy atom. The lowest BCUT2D eigenvalue weighted by atomic mass is 10.00. The quantitative estimate of drug-likeness (QED) is 0.695. The van der Waals surface area contributed by atoms with Gasteiger partial charge >= 0.3 is 0 Å². The number of aromatic nitrogens is 3. The molecule has 7 nitrogen and oxygen atoms in total. The minimum atomic E-state index is -3.45. The van der Waals surface area contributed by atoms with Crippen molar-refractivity contribution in [2.24, 2.45) is 0 Å². The Morgan fingerprint density at radius 3 is 2.96 bits per heavy atom. The van der Waals surface area contributed by atoms with Gasteiger partial charge in [-0.15, -0.1) is 11.3 Å². The van der Waals surface area contributed by atoms with Crippen molar-refractivity contribution < 1.29 is 12.9 Å². The molecule has 0 spiro atoms. The van der Waals surface area contributed by atoms with Crippen LogP contribution < -0.4 is 0 Å². The van der Waals surface area contributed by atoms with Crippen LogP contribution in [0.3, 0.4) is 0 Å². The first-order valence-corrected chi connectivity index (χ1v) is 10.2. The van der Waals surface area contributed by atoms with Gasteiger partial charge in [-0.05, 0) is 36.4 Å². The predicted octanol–water partition coefficient (Wildman–Crippen LogP) is 2.76. The molecule has 130 valence electrons. The molecule has 0 amide bonds. The van der Waals surface area contributed by atoms with Crippen LogP contribution in [0.5, 0.6) is 0 Å². The van der Waals surface area contributed by atoms with E-state index in [-0.39, 0.29) is 5.92 Å². The molecule has 4 heterocycles. The number of hydrogen-bond acceptors (Lipinski definition) is 7. The van der Waals surface area contributed by atoms with Gasteiger partial charge in [-0.1, -0.05) is 11.2 Å². The van der Waals surface area contributed by atoms with Crippen molar-refractivity contribution in [3.63, 3.8) is 0 Å². The fourth-order valence-electron chi connectivity index (χ4n) is 2.91. The Bertz CT molecular complexity index is 939. The van der Waals surface area contributed by atoms with E-state index < -0.39 is 10.0 Å². The molecule has 0 radical (unpaired) electrons. The summed E-state index contributed by atoms with van der Waals surface area (Å²) in [6.45, 7) is 0.870. The van der Waals surface area contributed by atoms with E-state index in [1.165, 1.54) is 15.6 Å². The SMILES string of the molecule is O=S(=O)(c1cccs1)N1CCC[C@@H](c2nc(-c3cccnc3)no2)C1. The molecule has 0 unspecified atom stereocenters. The first-order chi connectivity index (χ1) is 12.1. The highest BCUT2D eigenvalue weighted by molar-refractivity contribution is 7.91. The Morgan fingerprint density at radius 1 is 1.28 bits per heavy atom. The van der Waals surface area contributed by atoms with E-state index in [1.807, 2.05) is 6.07 Å². The normalized spacial score (nSPS) is 19.1. The van der Waals surface area contributed by atoms with Crippen LogP contribution in [-0.2, 0) is 10.0 Å². The molecule has 0 saturated carbocycles. The molecule has 0 aromatic carbocycles. The molecule has 1 atom stereocenters. The van der Waals surface area contributed by atoms with Gasteiger partial charge in [-0.25, -0.2) is 8.42 Å². The van der Waals surface area contributed by atoms with Gasteiger partial charge in [0, 0.05) is 31.0 Å². The van der Waals surface area contributed by atoms with Gasteiger partial charge in [0.15, 0.2) is 0 Å². The van der Waals surface area contributed by atoms with E-state index in [9.17, 15) is 8.42 Å². The lowest BCUT2D eigenvalue weighted by molar-refractivity contribution is 0.266. The average Bonchev–Trinajstić information content (AvgIpc) is 3.35. The molecule has 3 aromatic heterocycles. The Balaban J connectivity index is 1.55. The summed E-state index contributed by atoms with van der Waals surface area (Å²) in [4.78, 5) is 8.49. The summed E-state index contributed by atoms with van der Waals surface area (Å²) in [5.41, 5.74) is 0.774. The smallest absolute Gasteiger partial charge is 0.252 e. The van der Waals surface area contributed by atoms with Gasteiger partial charge in [0.25, 0.3) is 10.0 Å². The first-order valence-electron chi connectivity index (χ1n) is 7.92. The van der Waals surface area contributed by atoms with Gasteiger partial charge in [0.1, 0.15) is 4.21 Å². The molecular weight excluding hydrogens is 360 g/mol. The van der Waals surface area contributed by atoms with Crippen molar-refractivity contribution in [2.75, 3.05) is 13.1 Å². The van der Waals surface area contributed by atoms with E-state index in [2.05, 4.69) is 15.1 Å². The largest absolute Gasteiger partial charge is 0.339 e. The maximum Gasteiger partial charge on any atom is 0.252 e. The van der Waals surface area contributed by atoms with Crippen molar-refractivity contribution in [2.45, 2.75) is 23.0 Å². The van der Waals surface area contributed by atoms with E-state index >= 15 is 0 Å². The molecule has 9 heteroatoms. The number of hydrogen-bond donors (Lipinski definition) is 0. The fraction of sp³-hybridized carbons (Fsp3) is 0.312. The maximum absolute atomic E-state index is 12.7. The topological polar surface area (TPSA) is 89.2 Å². The molecule has 1 aliphatic heterocycles. The average molecular weight is 376 g/mol. The summed E-state index contributed by atoms with van der Waals surface area (Å²) in [6, 6.07) is 7.05. The highest BCUT2D eigenvalue weighted by Gasteiger charge is 2.33. The summed E-state index contributed by atoms with van der Waals surface area (Å²) < 4.78 is 32.7. The molecule has 1 aliphatic rings. The molecular formula is C16H16N4O3S2. The number of thiophene rings is 1. The number of rotatable bonds is 4. The van der Waals surface area contributed by atoms with Gasteiger partial charge in [0.2, 0.25) is 11.7 Å². The van der Waals surface area contributed by atoms with Crippen LogP contribution >= 0.6 is 11.3 Å². The van der Waals surface area contributed by atoms with Crippen molar-refractivity contribution in [1.82, 2.24) is 19.4 Å². The standard InChI is InChI=1S/C16H16N4O3S2/c21-25(22,14-6-3-9-24-14)20-8-2-5-13(11-20)16-18-15(19-23-16)12-4-1-7-17-10-12/h1,3-4,6-7,9-10,13H,2,5,8,11H2/t13-/m1/s1. The van der Waals surface area contributed by atoms with Gasteiger partial charge in [-0.2, -0.15) is 9.29 Å². The van der Waals surface area contributed by atoms with Crippen LogP contribution in [0.25, 0.3) is 11.4 Å². The van der Waals surface area contributed by atoms with Crippen LogP contribution in [0, 0.1) is 0 Å². The Labute approximate surface area is 149 Å². The number of piperidine rings is 1. The van der Waals surface area contributed by atoms with E-state index in [0.717, 1.165) is 18.4 Å². The van der Waals surface area contributed by atoms with Crippen LogP contribution in [0.2, 0.25) is 0 Å². The fourth-order valence-corrected chi connectivity index (χ4v) is 5.58. The summed E-state index contributed by atoms with van der Waals surface area (Å²) in [7, 11) is -3.45. The second-order valence-corrected chi connectivity index (χ2v) is 8.94. The summed E-state index contributed by atoms with van der Waals surface area (Å²) >= 11 is 1.23. The highest BCUT2D eigenvalue weighted by atomic mass is 32.2. The molecule has 0 aliphatic carbocycles. The van der Waals surface area contributed by atoms with E-state index in [4.69, 9.17) is 4.52 Å². The maximum atomic E-state index is 12.7. The molecule has 4 rings (SSSR count). The number of pyridine rings is 1. The second-order valence-electron chi connectivity index (χ2n) is 5.83. The first kappa shape index (κ1) is 16.4. The van der Waals surface area contributed by atoms with Crippen molar-refractivity contribution >= 4 is 21.4 Å². The molecule has 0 bridgehead atoms. The van der Waals surface area contributed by atoms with Crippen LogP contribution in [0.1, 0.15) is 24.7 Å². The Hall–Kier alpha value is -2.10. The van der Waals surface area contributed by atoms with Crippen molar-refractivity contribution in [3.8, 4) is 11.4 Å². The third-order valence-corrected chi connectivity index (χ3v) is 7.42. The number of nitrogens with zero attached hydrogens (tertiary/aromatic N) is 4. The summed E-state index contributed by atoms with van der Waals surface area (Å²) in [5.74, 6) is 0.854. The van der Waals surface area contributed by atoms with Gasteiger partial charge in [0.05, 0.1) is 5.92 Å². The predicted molar refractivity (Wildman–Crippen MR) is 92.6 cm³/mol. The lowest BCUT2D eigenvalue weighted by Gasteiger charge is -2.29. The van der Waals surface area contributed by atoms with E-state index in [0.29, 0.717) is 29.0 Å². The van der Waals surface area contributed by atoms with Gasteiger partial charge < -0.3 is 4.52 Å². The van der Waals surface area contributed by atoms with Gasteiger partial charge in [-0.3, -0.25) is 4.98 Å². The van der Waals surface area contributed by atoms with Crippen molar-refractivity contribution in [3.05, 3.63) is 47.9 Å². The van der Waals surface area contributed by atoms with E-state index in [1.54, 1.807) is 36.0 Å². The van der Waals surface area contributed by atoms with Crippen LogP contribution in [0.4, 0.5) is 0 Å². The minimum absolute atomic E-state index is 0.0959. The Kier molecular flexibility index (Phi) is 4.36. The molecule has 1 fully saturated rings. The zero-order chi connectivity index (χ0) is 17.3. The summed E-state index contributed by atoms with van der Waals surface area (Å²) in [5, 5.41) is 5.78. The minimum Gasteiger partial charge on any atom is -0.339 e. The summed E-state index contributed by atoms with van der Waals surface area (Å²) in [6.07, 6.45) is 4.94. The monoisotopic (exact) mass is 376 g/mol. The second kappa shape index (κ2) is 6.66. The lowest BCUT2D eigenvalue weighted by Crippen LogP contribution is -2.38. The third-order valence-electron chi connectivity index (χ3n) is 4.18. The third kappa shape index (κ3) is 3.22. The highest BCUT2D eigenvalue weighted by Crippen LogP contribution is 2.31. The molecule has 1 saturated heterocycles. The van der Waals surface area contributed by atoms with Crippen LogP contribution in [0.15, 0.2) is 50.8 Å². The van der Waals surface area contributed by atoms with Crippen LogP contribution in [-0.4, -0.2) is 40.9 Å². The zero-order valence-electron chi connectivity index (χ0n) is 13.3. The molecule has 0 N–H and O–H groups in total. The number of sulfonamides is 1.